The first-order valence-electron chi connectivity index (χ1n) is 5.50. The van der Waals surface area contributed by atoms with Crippen molar-refractivity contribution in [1.82, 2.24) is 4.98 Å². The van der Waals surface area contributed by atoms with Crippen molar-refractivity contribution in [2.45, 2.75) is 12.8 Å². The molecule has 0 aliphatic carbocycles. The molecule has 1 aromatic heterocycles. The van der Waals surface area contributed by atoms with Gasteiger partial charge in [-0.25, -0.2) is 4.39 Å². The van der Waals surface area contributed by atoms with Crippen LogP contribution in [0.2, 0.25) is 0 Å². The van der Waals surface area contributed by atoms with E-state index in [0.717, 1.165) is 0 Å². The molecule has 92 valence electrons. The van der Waals surface area contributed by atoms with Crippen molar-refractivity contribution in [1.29, 1.82) is 0 Å². The molecule has 0 radical (unpaired) electrons. The monoisotopic (exact) mass is 307 g/mol. The Morgan fingerprint density at radius 1 is 1.28 bits per heavy atom. The topological polar surface area (TPSA) is 30.0 Å². The van der Waals surface area contributed by atoms with Crippen molar-refractivity contribution in [3.8, 4) is 0 Å². The molecule has 0 aliphatic rings. The molecule has 0 saturated carbocycles. The molecule has 1 heterocycles. The summed E-state index contributed by atoms with van der Waals surface area (Å²) >= 11 is 3.21. The molecule has 0 N–H and O–H groups in total. The van der Waals surface area contributed by atoms with Gasteiger partial charge in [0.25, 0.3) is 0 Å². The van der Waals surface area contributed by atoms with E-state index in [1.54, 1.807) is 37.4 Å². The molecule has 1 aromatic carbocycles. The predicted molar refractivity (Wildman–Crippen MR) is 71.1 cm³/mol. The summed E-state index contributed by atoms with van der Waals surface area (Å²) in [6.45, 7) is 1.73. The lowest BCUT2D eigenvalue weighted by Crippen LogP contribution is -2.13. The summed E-state index contributed by atoms with van der Waals surface area (Å²) < 4.78 is 14.2. The number of Topliss-reactive ketones (excluding diaryl/α,β-unsaturated/α-hetero) is 1. The molecule has 0 fully saturated rings. The van der Waals surface area contributed by atoms with Crippen molar-refractivity contribution in [2.24, 2.45) is 0 Å². The van der Waals surface area contributed by atoms with E-state index in [9.17, 15) is 9.18 Å². The van der Waals surface area contributed by atoms with Crippen molar-refractivity contribution in [3.05, 3.63) is 64.1 Å². The van der Waals surface area contributed by atoms with Gasteiger partial charge in [0.05, 0.1) is 17.2 Å². The number of aromatic nitrogens is 1. The molecular formula is C14H11BrFNO. The van der Waals surface area contributed by atoms with E-state index in [4.69, 9.17) is 0 Å². The highest BCUT2D eigenvalue weighted by molar-refractivity contribution is 9.10. The average molecular weight is 308 g/mol. The molecule has 1 atom stereocenters. The Kier molecular flexibility index (Phi) is 3.87. The van der Waals surface area contributed by atoms with E-state index in [1.165, 1.54) is 6.07 Å². The first kappa shape index (κ1) is 12.9. The lowest BCUT2D eigenvalue weighted by molar-refractivity contribution is 0.0960. The number of carbonyl (C=O) groups excluding carboxylic acids is 1. The van der Waals surface area contributed by atoms with Gasteiger partial charge in [-0.1, -0.05) is 12.1 Å². The van der Waals surface area contributed by atoms with E-state index in [-0.39, 0.29) is 11.3 Å². The fourth-order valence-corrected chi connectivity index (χ4v) is 2.25. The van der Waals surface area contributed by atoms with Gasteiger partial charge >= 0.3 is 0 Å². The third-order valence-corrected chi connectivity index (χ3v) is 3.39. The largest absolute Gasteiger partial charge is 0.293 e. The smallest absolute Gasteiger partial charge is 0.175 e. The average Bonchev–Trinajstić information content (AvgIpc) is 2.38. The molecule has 0 aliphatic heterocycles. The van der Waals surface area contributed by atoms with Crippen LogP contribution in [-0.2, 0) is 0 Å². The molecule has 2 rings (SSSR count). The van der Waals surface area contributed by atoms with Crippen molar-refractivity contribution in [2.75, 3.05) is 0 Å². The fraction of sp³-hybridized carbons (Fsp3) is 0.143. The van der Waals surface area contributed by atoms with Crippen molar-refractivity contribution < 1.29 is 9.18 Å². The lowest BCUT2D eigenvalue weighted by atomic mass is 9.95. The minimum absolute atomic E-state index is 0.0793. The first-order chi connectivity index (χ1) is 8.61. The quantitative estimate of drug-likeness (QED) is 0.803. The van der Waals surface area contributed by atoms with Crippen LogP contribution in [0.5, 0.6) is 0 Å². The molecule has 4 heteroatoms. The number of nitrogens with zero attached hydrogens (tertiary/aromatic N) is 1. The maximum absolute atomic E-state index is 13.7. The number of benzene rings is 1. The number of rotatable bonds is 3. The van der Waals surface area contributed by atoms with Crippen LogP contribution >= 0.6 is 15.9 Å². The molecule has 0 saturated heterocycles. The Balaban J connectivity index is 2.38. The Bertz CT molecular complexity index is 551. The summed E-state index contributed by atoms with van der Waals surface area (Å²) in [5, 5.41) is 0. The minimum Gasteiger partial charge on any atom is -0.293 e. The summed E-state index contributed by atoms with van der Waals surface area (Å²) in [7, 11) is 0. The molecule has 0 spiro atoms. The first-order valence-corrected chi connectivity index (χ1v) is 6.29. The molecule has 1 unspecified atom stereocenters. The second-order valence-electron chi connectivity index (χ2n) is 3.94. The molecule has 0 bridgehead atoms. The number of pyridine rings is 1. The molecule has 2 aromatic rings. The van der Waals surface area contributed by atoms with Gasteiger partial charge in [-0.15, -0.1) is 0 Å². The van der Waals surface area contributed by atoms with Gasteiger partial charge in [-0.2, -0.15) is 0 Å². The molecule has 18 heavy (non-hydrogen) atoms. The number of hydrogen-bond acceptors (Lipinski definition) is 2. The van der Waals surface area contributed by atoms with Crippen LogP contribution < -0.4 is 0 Å². The normalized spacial score (nSPS) is 12.2. The van der Waals surface area contributed by atoms with E-state index in [0.29, 0.717) is 10.2 Å². The minimum atomic E-state index is -0.517. The second-order valence-corrected chi connectivity index (χ2v) is 4.79. The van der Waals surface area contributed by atoms with Gasteiger partial charge < -0.3 is 0 Å². The van der Waals surface area contributed by atoms with Crippen LogP contribution in [0.15, 0.2) is 47.1 Å². The second kappa shape index (κ2) is 5.40. The Hall–Kier alpha value is -1.55. The van der Waals surface area contributed by atoms with E-state index >= 15 is 0 Å². The molecule has 2 nitrogen and oxygen atoms in total. The highest BCUT2D eigenvalue weighted by atomic mass is 79.9. The maximum atomic E-state index is 13.7. The molecular weight excluding hydrogens is 297 g/mol. The van der Waals surface area contributed by atoms with Crippen LogP contribution in [0, 0.1) is 5.82 Å². The van der Waals surface area contributed by atoms with Crippen molar-refractivity contribution >= 4 is 21.7 Å². The zero-order valence-corrected chi connectivity index (χ0v) is 11.3. The van der Waals surface area contributed by atoms with Gasteiger partial charge in [0.15, 0.2) is 5.78 Å². The van der Waals surface area contributed by atoms with Gasteiger partial charge in [0, 0.05) is 10.7 Å². The fourth-order valence-electron chi connectivity index (χ4n) is 1.72. The third-order valence-electron chi connectivity index (χ3n) is 2.73. The van der Waals surface area contributed by atoms with Crippen LogP contribution in [0.1, 0.15) is 28.9 Å². The highest BCUT2D eigenvalue weighted by Crippen LogP contribution is 2.26. The van der Waals surface area contributed by atoms with Gasteiger partial charge in [-0.3, -0.25) is 9.78 Å². The SMILES string of the molecule is CC(C(=O)c1c(F)cccc1Br)c1ccccn1. The lowest BCUT2D eigenvalue weighted by Gasteiger charge is -2.11. The summed E-state index contributed by atoms with van der Waals surface area (Å²) in [6, 6.07) is 9.84. The summed E-state index contributed by atoms with van der Waals surface area (Å²) in [4.78, 5) is 16.4. The van der Waals surface area contributed by atoms with Gasteiger partial charge in [0.1, 0.15) is 5.82 Å². The Morgan fingerprint density at radius 3 is 2.67 bits per heavy atom. The van der Waals surface area contributed by atoms with E-state index in [1.807, 2.05) is 6.07 Å². The molecule has 0 amide bonds. The van der Waals surface area contributed by atoms with Crippen LogP contribution in [0.3, 0.4) is 0 Å². The van der Waals surface area contributed by atoms with Gasteiger partial charge in [0.2, 0.25) is 0 Å². The summed E-state index contributed by atoms with van der Waals surface area (Å²) in [6.07, 6.45) is 1.62. The van der Waals surface area contributed by atoms with Crippen molar-refractivity contribution in [3.63, 3.8) is 0 Å². The van der Waals surface area contributed by atoms with Gasteiger partial charge in [-0.05, 0) is 47.1 Å². The summed E-state index contributed by atoms with van der Waals surface area (Å²) in [5.74, 6) is -1.27. The van der Waals surface area contributed by atoms with Crippen LogP contribution in [0.25, 0.3) is 0 Å². The number of hydrogen-bond donors (Lipinski definition) is 0. The standard InChI is InChI=1S/C14H11BrFNO/c1-9(12-7-2-3-8-17-12)14(18)13-10(15)5-4-6-11(13)16/h2-9H,1H3. The Labute approximate surface area is 113 Å². The van der Waals surface area contributed by atoms with E-state index in [2.05, 4.69) is 20.9 Å². The zero-order valence-electron chi connectivity index (χ0n) is 9.73. The van der Waals surface area contributed by atoms with Crippen LogP contribution in [0.4, 0.5) is 4.39 Å². The van der Waals surface area contributed by atoms with Crippen LogP contribution in [-0.4, -0.2) is 10.8 Å². The number of ketones is 1. The maximum Gasteiger partial charge on any atom is 0.175 e. The zero-order chi connectivity index (χ0) is 13.1. The van der Waals surface area contributed by atoms with E-state index < -0.39 is 11.7 Å². The highest BCUT2D eigenvalue weighted by Gasteiger charge is 2.23. The number of carbonyl (C=O) groups is 1. The predicted octanol–water partition coefficient (Wildman–Crippen LogP) is 3.97. The Morgan fingerprint density at radius 2 is 2.06 bits per heavy atom. The summed E-state index contributed by atoms with van der Waals surface area (Å²) in [5.41, 5.74) is 0.716. The third kappa shape index (κ3) is 2.48. The number of halogens is 2.